The molecule has 3 nitrogen and oxygen atoms in total. The van der Waals surface area contributed by atoms with E-state index in [0.29, 0.717) is 6.04 Å². The van der Waals surface area contributed by atoms with Gasteiger partial charge in [-0.05, 0) is 62.8 Å². The van der Waals surface area contributed by atoms with Gasteiger partial charge in [0.15, 0.2) is 0 Å². The Labute approximate surface area is 130 Å². The van der Waals surface area contributed by atoms with Crippen molar-refractivity contribution >= 4 is 27.4 Å². The van der Waals surface area contributed by atoms with Crippen molar-refractivity contribution in [3.63, 3.8) is 0 Å². The summed E-state index contributed by atoms with van der Waals surface area (Å²) >= 11 is 1.89. The molecule has 0 atom stereocenters. The predicted molar refractivity (Wildman–Crippen MR) is 89.1 cm³/mol. The third-order valence-electron chi connectivity index (χ3n) is 5.11. The number of thiophene rings is 1. The third kappa shape index (κ3) is 2.54. The number of aryl methyl sites for hydroxylation is 2. The highest BCUT2D eigenvalue weighted by Gasteiger charge is 2.23. The summed E-state index contributed by atoms with van der Waals surface area (Å²) in [6.45, 7) is 2.37. The van der Waals surface area contributed by atoms with Crippen molar-refractivity contribution in [3.8, 4) is 0 Å². The minimum absolute atomic E-state index is 0.596. The van der Waals surface area contributed by atoms with Crippen molar-refractivity contribution in [2.24, 2.45) is 5.92 Å². The van der Waals surface area contributed by atoms with Gasteiger partial charge < -0.3 is 5.32 Å². The van der Waals surface area contributed by atoms with E-state index in [1.807, 2.05) is 11.3 Å². The number of hydrogen-bond acceptors (Lipinski definition) is 4. The minimum Gasteiger partial charge on any atom is -0.367 e. The van der Waals surface area contributed by atoms with Gasteiger partial charge in [-0.1, -0.05) is 6.92 Å². The Morgan fingerprint density at radius 1 is 1.10 bits per heavy atom. The van der Waals surface area contributed by atoms with Crippen molar-refractivity contribution in [3.05, 3.63) is 16.8 Å². The van der Waals surface area contributed by atoms with Gasteiger partial charge in [0.2, 0.25) is 0 Å². The highest BCUT2D eigenvalue weighted by molar-refractivity contribution is 7.19. The van der Waals surface area contributed by atoms with Crippen LogP contribution in [0.3, 0.4) is 0 Å². The lowest BCUT2D eigenvalue weighted by Gasteiger charge is -2.27. The summed E-state index contributed by atoms with van der Waals surface area (Å²) in [7, 11) is 0. The maximum absolute atomic E-state index is 4.58. The third-order valence-corrected chi connectivity index (χ3v) is 6.31. The first-order valence-electron chi connectivity index (χ1n) is 8.33. The van der Waals surface area contributed by atoms with Crippen LogP contribution < -0.4 is 5.32 Å². The molecule has 0 radical (unpaired) electrons. The number of fused-ring (bicyclic) bond motifs is 3. The van der Waals surface area contributed by atoms with Crippen molar-refractivity contribution in [1.29, 1.82) is 0 Å². The van der Waals surface area contributed by atoms with Crippen molar-refractivity contribution in [1.82, 2.24) is 9.97 Å². The maximum Gasteiger partial charge on any atom is 0.138 e. The molecule has 0 aromatic carbocycles. The summed E-state index contributed by atoms with van der Waals surface area (Å²) in [6.07, 6.45) is 12.1. The van der Waals surface area contributed by atoms with E-state index in [0.717, 1.165) is 11.7 Å². The molecule has 2 aliphatic carbocycles. The highest BCUT2D eigenvalue weighted by Crippen LogP contribution is 2.38. The summed E-state index contributed by atoms with van der Waals surface area (Å²) in [5.41, 5.74) is 1.54. The Bertz CT molecular complexity index is 641. The number of aromatic nitrogens is 2. The van der Waals surface area contributed by atoms with Crippen LogP contribution >= 0.6 is 11.3 Å². The van der Waals surface area contributed by atoms with Gasteiger partial charge in [0.1, 0.15) is 17.0 Å². The minimum atomic E-state index is 0.596. The van der Waals surface area contributed by atoms with E-state index in [4.69, 9.17) is 0 Å². The summed E-state index contributed by atoms with van der Waals surface area (Å²) in [6, 6.07) is 0.596. The molecule has 4 heteroatoms. The largest absolute Gasteiger partial charge is 0.367 e. The molecule has 0 unspecified atom stereocenters. The van der Waals surface area contributed by atoms with Gasteiger partial charge in [-0.25, -0.2) is 9.97 Å². The molecule has 1 fully saturated rings. The second-order valence-electron chi connectivity index (χ2n) is 6.71. The molecule has 2 heterocycles. The Kier molecular flexibility index (Phi) is 3.57. The van der Waals surface area contributed by atoms with E-state index < -0.39 is 0 Å². The second kappa shape index (κ2) is 5.56. The van der Waals surface area contributed by atoms with Crippen LogP contribution in [0.2, 0.25) is 0 Å². The molecule has 0 spiro atoms. The molecule has 1 saturated carbocycles. The van der Waals surface area contributed by atoms with Crippen molar-refractivity contribution in [2.45, 2.75) is 64.3 Å². The topological polar surface area (TPSA) is 37.8 Å². The standard InChI is InChI=1S/C17H23N3S/c1-11-6-8-12(9-7-11)20-16-15-13-4-2-3-5-14(13)21-17(15)19-10-18-16/h10-12H,2-9H2,1H3,(H,18,19,20). The summed E-state index contributed by atoms with van der Waals surface area (Å²) in [4.78, 5) is 11.8. The van der Waals surface area contributed by atoms with E-state index >= 15 is 0 Å². The Balaban J connectivity index is 1.66. The van der Waals surface area contributed by atoms with Crippen LogP contribution in [0.1, 0.15) is 55.9 Å². The van der Waals surface area contributed by atoms with E-state index in [1.165, 1.54) is 67.1 Å². The van der Waals surface area contributed by atoms with Crippen LogP contribution in [0.15, 0.2) is 6.33 Å². The molecule has 2 aliphatic rings. The first-order valence-corrected chi connectivity index (χ1v) is 9.14. The molecule has 4 rings (SSSR count). The lowest BCUT2D eigenvalue weighted by atomic mass is 9.87. The molecule has 112 valence electrons. The zero-order chi connectivity index (χ0) is 14.2. The lowest BCUT2D eigenvalue weighted by molar-refractivity contribution is 0.361. The number of nitrogens with zero attached hydrogens (tertiary/aromatic N) is 2. The van der Waals surface area contributed by atoms with Crippen LogP contribution in [0.4, 0.5) is 5.82 Å². The molecular weight excluding hydrogens is 278 g/mol. The van der Waals surface area contributed by atoms with E-state index in [9.17, 15) is 0 Å². The molecule has 0 saturated heterocycles. The van der Waals surface area contributed by atoms with Crippen LogP contribution in [-0.2, 0) is 12.8 Å². The molecular formula is C17H23N3S. The number of anilines is 1. The monoisotopic (exact) mass is 301 g/mol. The molecule has 1 N–H and O–H groups in total. The zero-order valence-electron chi connectivity index (χ0n) is 12.7. The number of rotatable bonds is 2. The van der Waals surface area contributed by atoms with Gasteiger partial charge in [-0.2, -0.15) is 0 Å². The molecule has 0 aliphatic heterocycles. The highest BCUT2D eigenvalue weighted by atomic mass is 32.1. The summed E-state index contributed by atoms with van der Waals surface area (Å²) < 4.78 is 0. The summed E-state index contributed by atoms with van der Waals surface area (Å²) in [5.74, 6) is 1.99. The van der Waals surface area contributed by atoms with Gasteiger partial charge in [-0.3, -0.25) is 0 Å². The average molecular weight is 301 g/mol. The normalized spacial score (nSPS) is 25.8. The van der Waals surface area contributed by atoms with Gasteiger partial charge in [0, 0.05) is 10.9 Å². The fourth-order valence-corrected chi connectivity index (χ4v) is 5.03. The lowest BCUT2D eigenvalue weighted by Crippen LogP contribution is -2.25. The predicted octanol–water partition coefficient (Wildman–Crippen LogP) is 4.56. The first kappa shape index (κ1) is 13.5. The first-order chi connectivity index (χ1) is 10.3. The Hall–Kier alpha value is -1.16. The average Bonchev–Trinajstić information content (AvgIpc) is 2.89. The number of nitrogens with one attached hydrogen (secondary N) is 1. The van der Waals surface area contributed by atoms with Crippen LogP contribution in [0.5, 0.6) is 0 Å². The van der Waals surface area contributed by atoms with Gasteiger partial charge >= 0.3 is 0 Å². The number of hydrogen-bond donors (Lipinski definition) is 1. The van der Waals surface area contributed by atoms with E-state index in [2.05, 4.69) is 22.2 Å². The second-order valence-corrected chi connectivity index (χ2v) is 7.80. The fraction of sp³-hybridized carbons (Fsp3) is 0.647. The van der Waals surface area contributed by atoms with Crippen LogP contribution in [0.25, 0.3) is 10.2 Å². The van der Waals surface area contributed by atoms with E-state index in [-0.39, 0.29) is 0 Å². The maximum atomic E-state index is 4.58. The molecule has 0 amide bonds. The van der Waals surface area contributed by atoms with Gasteiger partial charge in [0.05, 0.1) is 5.39 Å². The smallest absolute Gasteiger partial charge is 0.138 e. The SMILES string of the molecule is CC1CCC(Nc2ncnc3sc4c(c23)CCCC4)CC1. The van der Waals surface area contributed by atoms with Crippen LogP contribution in [-0.4, -0.2) is 16.0 Å². The van der Waals surface area contributed by atoms with E-state index in [1.54, 1.807) is 11.2 Å². The fourth-order valence-electron chi connectivity index (χ4n) is 3.80. The summed E-state index contributed by atoms with van der Waals surface area (Å²) in [5, 5.41) is 5.07. The Morgan fingerprint density at radius 3 is 2.76 bits per heavy atom. The Morgan fingerprint density at radius 2 is 1.90 bits per heavy atom. The molecule has 0 bridgehead atoms. The van der Waals surface area contributed by atoms with Crippen LogP contribution in [0, 0.1) is 5.92 Å². The molecule has 2 aromatic rings. The zero-order valence-corrected chi connectivity index (χ0v) is 13.5. The van der Waals surface area contributed by atoms with Crippen molar-refractivity contribution in [2.75, 3.05) is 5.32 Å². The van der Waals surface area contributed by atoms with Crippen molar-refractivity contribution < 1.29 is 0 Å². The molecule has 21 heavy (non-hydrogen) atoms. The van der Waals surface area contributed by atoms with Gasteiger partial charge in [-0.15, -0.1) is 11.3 Å². The quantitative estimate of drug-likeness (QED) is 0.883. The van der Waals surface area contributed by atoms with Gasteiger partial charge in [0.25, 0.3) is 0 Å². The molecule has 2 aromatic heterocycles.